The summed E-state index contributed by atoms with van der Waals surface area (Å²) in [6.45, 7) is 1.09. The number of alkyl halides is 7. The van der Waals surface area contributed by atoms with Gasteiger partial charge in [-0.05, 0) is 12.5 Å². The van der Waals surface area contributed by atoms with Crippen LogP contribution < -0.4 is 0 Å². The van der Waals surface area contributed by atoms with Gasteiger partial charge in [-0.25, -0.2) is 4.39 Å². The second kappa shape index (κ2) is 6.46. The van der Waals surface area contributed by atoms with Crippen LogP contribution in [0.5, 0.6) is 0 Å². The molecule has 0 heterocycles. The van der Waals surface area contributed by atoms with Crippen LogP contribution in [0, 0.1) is 0 Å². The number of ether oxygens (including phenoxy) is 1. The molecule has 0 bridgehead atoms. The van der Waals surface area contributed by atoms with Crippen molar-refractivity contribution < 1.29 is 40.3 Å². The van der Waals surface area contributed by atoms with Crippen molar-refractivity contribution in [2.75, 3.05) is 7.11 Å². The molecule has 130 valence electrons. The second-order valence-electron chi connectivity index (χ2n) is 4.87. The van der Waals surface area contributed by atoms with E-state index in [0.29, 0.717) is 0 Å². The van der Waals surface area contributed by atoms with Crippen molar-refractivity contribution in [1.82, 2.24) is 0 Å². The molecule has 1 aromatic rings. The van der Waals surface area contributed by atoms with Gasteiger partial charge in [-0.2, -0.15) is 26.3 Å². The first-order valence-corrected chi connectivity index (χ1v) is 6.30. The van der Waals surface area contributed by atoms with Crippen molar-refractivity contribution in [1.29, 1.82) is 0 Å². The number of ketones is 1. The maximum absolute atomic E-state index is 13.8. The zero-order valence-electron chi connectivity index (χ0n) is 12.1. The Hall–Kier alpha value is -1.64. The van der Waals surface area contributed by atoms with Gasteiger partial charge < -0.3 is 4.74 Å². The molecular weight excluding hydrogens is 333 g/mol. The summed E-state index contributed by atoms with van der Waals surface area (Å²) in [6, 6.07) is 5.01. The third-order valence-corrected chi connectivity index (χ3v) is 3.34. The quantitative estimate of drug-likeness (QED) is 0.565. The molecule has 0 radical (unpaired) electrons. The number of Topliss-reactive ketones (excluding diaryl/α,β-unsaturated/α-hetero) is 1. The summed E-state index contributed by atoms with van der Waals surface area (Å²) in [7, 11) is 0.842. The number of methoxy groups -OCH3 is 1. The van der Waals surface area contributed by atoms with Crippen molar-refractivity contribution >= 4 is 5.78 Å². The highest BCUT2D eigenvalue weighted by Gasteiger charge is 2.72. The van der Waals surface area contributed by atoms with Crippen LogP contribution in [0.2, 0.25) is 0 Å². The third kappa shape index (κ3) is 3.82. The Bertz CT molecular complexity index is 549. The normalized spacial score (nSPS) is 14.7. The number of hydrogen-bond donors (Lipinski definition) is 0. The van der Waals surface area contributed by atoms with Crippen molar-refractivity contribution in [2.24, 2.45) is 0 Å². The Labute approximate surface area is 127 Å². The van der Waals surface area contributed by atoms with Crippen LogP contribution in [0.15, 0.2) is 24.3 Å². The van der Waals surface area contributed by atoms with Crippen LogP contribution in [0.1, 0.15) is 35.4 Å². The summed E-state index contributed by atoms with van der Waals surface area (Å²) in [6.07, 6.45) is -16.3. The predicted molar refractivity (Wildman–Crippen MR) is 66.8 cm³/mol. The molecule has 1 rings (SSSR count). The topological polar surface area (TPSA) is 26.3 Å². The summed E-state index contributed by atoms with van der Waals surface area (Å²) >= 11 is 0. The van der Waals surface area contributed by atoms with E-state index in [1.165, 1.54) is 18.2 Å². The van der Waals surface area contributed by atoms with Crippen molar-refractivity contribution in [3.63, 3.8) is 0 Å². The monoisotopic (exact) mass is 346 g/mol. The van der Waals surface area contributed by atoms with E-state index in [9.17, 15) is 35.5 Å². The Kier molecular flexibility index (Phi) is 5.45. The van der Waals surface area contributed by atoms with Gasteiger partial charge in [0.2, 0.25) is 0 Å². The molecule has 1 unspecified atom stereocenters. The Morgan fingerprint density at radius 3 is 1.91 bits per heavy atom. The fraction of sp³-hybridized carbons (Fsp3) is 0.500. The lowest BCUT2D eigenvalue weighted by Crippen LogP contribution is -2.54. The maximum atomic E-state index is 13.8. The summed E-state index contributed by atoms with van der Waals surface area (Å²) in [5, 5.41) is 0. The van der Waals surface area contributed by atoms with E-state index in [0.717, 1.165) is 20.1 Å². The van der Waals surface area contributed by atoms with Crippen molar-refractivity contribution in [3.05, 3.63) is 35.4 Å². The summed E-state index contributed by atoms with van der Waals surface area (Å²) in [4.78, 5) is 11.5. The van der Waals surface area contributed by atoms with Crippen LogP contribution in [-0.2, 0) is 4.74 Å². The van der Waals surface area contributed by atoms with E-state index < -0.39 is 36.3 Å². The van der Waals surface area contributed by atoms with E-state index in [1.54, 1.807) is 0 Å². The molecule has 1 atom stereocenters. The van der Waals surface area contributed by atoms with Gasteiger partial charge in [-0.3, -0.25) is 4.79 Å². The van der Waals surface area contributed by atoms with Crippen LogP contribution in [0.3, 0.4) is 0 Å². The highest BCUT2D eigenvalue weighted by Crippen LogP contribution is 2.51. The number of carbonyl (C=O) groups excluding carboxylic acids is 1. The fourth-order valence-electron chi connectivity index (χ4n) is 2.07. The second-order valence-corrected chi connectivity index (χ2v) is 4.87. The Morgan fingerprint density at radius 1 is 1.04 bits per heavy atom. The fourth-order valence-corrected chi connectivity index (χ4v) is 2.07. The average Bonchev–Trinajstić information content (AvgIpc) is 2.42. The zero-order chi connectivity index (χ0) is 18.1. The minimum atomic E-state index is -6.17. The minimum absolute atomic E-state index is 0.133. The predicted octanol–water partition coefficient (Wildman–Crippen LogP) is 4.80. The van der Waals surface area contributed by atoms with Crippen LogP contribution in [0.4, 0.5) is 30.7 Å². The first-order valence-electron chi connectivity index (χ1n) is 6.30. The van der Waals surface area contributed by atoms with Gasteiger partial charge in [0, 0.05) is 19.1 Å². The molecule has 0 aliphatic carbocycles. The maximum Gasteiger partial charge on any atom is 0.431 e. The van der Waals surface area contributed by atoms with E-state index in [1.807, 2.05) is 0 Å². The van der Waals surface area contributed by atoms with E-state index >= 15 is 0 Å². The average molecular weight is 346 g/mol. The van der Waals surface area contributed by atoms with Crippen molar-refractivity contribution in [2.45, 2.75) is 37.5 Å². The molecule has 0 aliphatic heterocycles. The zero-order valence-corrected chi connectivity index (χ0v) is 12.1. The molecule has 0 aliphatic rings. The molecule has 1 aromatic carbocycles. The van der Waals surface area contributed by atoms with E-state index in [-0.39, 0.29) is 11.1 Å². The number of hydrogen-bond acceptors (Lipinski definition) is 2. The molecule has 0 amide bonds. The van der Waals surface area contributed by atoms with Crippen LogP contribution >= 0.6 is 0 Å². The number of rotatable bonds is 5. The van der Waals surface area contributed by atoms with Gasteiger partial charge >= 0.3 is 18.0 Å². The standard InChI is InChI=1S/C14H13F7O2/c1-8(22)9-5-3-4-6-10(9)11(23-2)7-12(15,13(16,17)18)14(19,20)21/h3-6,11H,7H2,1-2H3. The molecule has 0 saturated heterocycles. The van der Waals surface area contributed by atoms with Gasteiger partial charge in [0.1, 0.15) is 0 Å². The van der Waals surface area contributed by atoms with Crippen molar-refractivity contribution in [3.8, 4) is 0 Å². The lowest BCUT2D eigenvalue weighted by Gasteiger charge is -2.33. The van der Waals surface area contributed by atoms with Gasteiger partial charge in [0.05, 0.1) is 6.10 Å². The lowest BCUT2D eigenvalue weighted by atomic mass is 9.90. The van der Waals surface area contributed by atoms with Gasteiger partial charge in [0.15, 0.2) is 5.78 Å². The lowest BCUT2D eigenvalue weighted by molar-refractivity contribution is -0.348. The number of halogens is 7. The number of benzene rings is 1. The summed E-state index contributed by atoms with van der Waals surface area (Å²) in [5.41, 5.74) is -5.83. The molecular formula is C14H13F7O2. The molecule has 0 spiro atoms. The number of carbonyl (C=O) groups is 1. The first-order chi connectivity index (χ1) is 10.3. The largest absolute Gasteiger partial charge is 0.431 e. The molecule has 0 saturated carbocycles. The third-order valence-electron chi connectivity index (χ3n) is 3.34. The van der Waals surface area contributed by atoms with Gasteiger partial charge in [0.25, 0.3) is 0 Å². The van der Waals surface area contributed by atoms with E-state index in [2.05, 4.69) is 4.74 Å². The van der Waals surface area contributed by atoms with Crippen LogP contribution in [0.25, 0.3) is 0 Å². The molecule has 0 fully saturated rings. The molecule has 23 heavy (non-hydrogen) atoms. The van der Waals surface area contributed by atoms with Crippen LogP contribution in [-0.4, -0.2) is 30.9 Å². The SMILES string of the molecule is COC(CC(F)(C(F)(F)F)C(F)(F)F)c1ccccc1C(C)=O. The first kappa shape index (κ1) is 19.4. The van der Waals surface area contributed by atoms with Gasteiger partial charge in [-0.15, -0.1) is 0 Å². The minimum Gasteiger partial charge on any atom is -0.377 e. The highest BCUT2D eigenvalue weighted by atomic mass is 19.4. The summed E-state index contributed by atoms with van der Waals surface area (Å²) in [5.74, 6) is -0.592. The summed E-state index contributed by atoms with van der Waals surface area (Å²) < 4.78 is 94.4. The van der Waals surface area contributed by atoms with Gasteiger partial charge in [-0.1, -0.05) is 24.3 Å². The Morgan fingerprint density at radius 2 is 1.52 bits per heavy atom. The molecule has 9 heteroatoms. The molecule has 0 N–H and O–H groups in total. The Balaban J connectivity index is 3.34. The molecule has 0 aromatic heterocycles. The highest BCUT2D eigenvalue weighted by molar-refractivity contribution is 5.95. The smallest absolute Gasteiger partial charge is 0.377 e. The molecule has 2 nitrogen and oxygen atoms in total. The van der Waals surface area contributed by atoms with E-state index in [4.69, 9.17) is 0 Å².